The first-order valence-corrected chi connectivity index (χ1v) is 9.78. The van der Waals surface area contributed by atoms with E-state index in [2.05, 4.69) is 0 Å². The molecule has 0 unspecified atom stereocenters. The number of hydrogen-bond acceptors (Lipinski definition) is 6. The molecule has 0 N–H and O–H groups in total. The van der Waals surface area contributed by atoms with Crippen molar-refractivity contribution in [2.45, 2.75) is 20.8 Å². The summed E-state index contributed by atoms with van der Waals surface area (Å²) in [6.07, 6.45) is 1.84. The molecule has 0 atom stereocenters. The smallest absolute Gasteiger partial charge is 0.273 e. The lowest BCUT2D eigenvalue weighted by molar-refractivity contribution is -0.384. The van der Waals surface area contributed by atoms with Gasteiger partial charge in [0.1, 0.15) is 10.1 Å². The number of non-ortho nitro benzene ring substituents is 1. The summed E-state index contributed by atoms with van der Waals surface area (Å²) >= 11 is 6.56. The van der Waals surface area contributed by atoms with Crippen LogP contribution in [0.4, 0.5) is 5.69 Å². The summed E-state index contributed by atoms with van der Waals surface area (Å²) in [6.45, 7) is 6.30. The van der Waals surface area contributed by atoms with E-state index in [4.69, 9.17) is 17.0 Å². The molecule has 1 aromatic heterocycles. The van der Waals surface area contributed by atoms with Crippen LogP contribution < -0.4 is 4.74 Å². The van der Waals surface area contributed by atoms with Gasteiger partial charge in [-0.05, 0) is 44.5 Å². The number of thiocarbonyl (C=S) groups is 1. The predicted octanol–water partition coefficient (Wildman–Crippen LogP) is 4.23. The molecule has 1 aliphatic rings. The van der Waals surface area contributed by atoms with Crippen molar-refractivity contribution in [1.29, 1.82) is 0 Å². The molecule has 1 fully saturated rings. The highest BCUT2D eigenvalue weighted by molar-refractivity contribution is 8.26. The quantitative estimate of drug-likeness (QED) is 0.314. The molecule has 7 nitrogen and oxygen atoms in total. The second kappa shape index (κ2) is 7.76. The number of amides is 1. The van der Waals surface area contributed by atoms with Crippen molar-refractivity contribution in [1.82, 2.24) is 9.47 Å². The molecule has 1 aliphatic heterocycles. The fourth-order valence-electron chi connectivity index (χ4n) is 3.18. The number of methoxy groups -OCH3 is 1. The highest BCUT2D eigenvalue weighted by Gasteiger charge is 2.31. The van der Waals surface area contributed by atoms with Crippen LogP contribution in [-0.4, -0.2) is 38.3 Å². The number of ether oxygens (including phenoxy) is 1. The minimum Gasteiger partial charge on any atom is -0.494 e. The third-order valence-corrected chi connectivity index (χ3v) is 5.94. The maximum absolute atomic E-state index is 12.5. The summed E-state index contributed by atoms with van der Waals surface area (Å²) < 4.78 is 7.89. The fourth-order valence-corrected chi connectivity index (χ4v) is 4.56. The number of nitro groups is 1. The van der Waals surface area contributed by atoms with E-state index >= 15 is 0 Å². The summed E-state index contributed by atoms with van der Waals surface area (Å²) in [5.41, 5.74) is 3.36. The van der Waals surface area contributed by atoms with Crippen LogP contribution in [-0.2, 0) is 4.79 Å². The molecule has 1 amide bonds. The van der Waals surface area contributed by atoms with Crippen LogP contribution >= 0.6 is 24.0 Å². The Labute approximate surface area is 172 Å². The fraction of sp³-hybridized carbons (Fsp3) is 0.263. The molecule has 0 spiro atoms. The number of benzene rings is 1. The van der Waals surface area contributed by atoms with Crippen LogP contribution in [0.1, 0.15) is 23.9 Å². The Bertz CT molecular complexity index is 1030. The van der Waals surface area contributed by atoms with Gasteiger partial charge in [-0.1, -0.05) is 24.0 Å². The zero-order valence-corrected chi connectivity index (χ0v) is 17.5. The lowest BCUT2D eigenvalue weighted by Crippen LogP contribution is -2.27. The number of carbonyl (C=O) groups is 1. The third-order valence-electron chi connectivity index (χ3n) is 4.56. The summed E-state index contributed by atoms with van der Waals surface area (Å²) in [5.74, 6) is 0.315. The molecule has 1 saturated heterocycles. The van der Waals surface area contributed by atoms with Gasteiger partial charge in [0.25, 0.3) is 11.6 Å². The minimum atomic E-state index is -0.456. The molecular weight excluding hydrogens is 398 g/mol. The van der Waals surface area contributed by atoms with Crippen molar-refractivity contribution in [3.05, 3.63) is 56.2 Å². The third kappa shape index (κ3) is 3.43. The largest absolute Gasteiger partial charge is 0.494 e. The summed E-state index contributed by atoms with van der Waals surface area (Å²) in [6, 6.07) is 6.48. The van der Waals surface area contributed by atoms with Gasteiger partial charge in [0.15, 0.2) is 0 Å². The highest BCUT2D eigenvalue weighted by atomic mass is 32.2. The van der Waals surface area contributed by atoms with Crippen LogP contribution in [0.15, 0.2) is 29.2 Å². The first-order chi connectivity index (χ1) is 13.3. The Morgan fingerprint density at radius 1 is 1.32 bits per heavy atom. The lowest BCUT2D eigenvalue weighted by Gasteiger charge is -2.14. The van der Waals surface area contributed by atoms with E-state index in [1.807, 2.05) is 37.5 Å². The first kappa shape index (κ1) is 20.1. The second-order valence-corrected chi connectivity index (χ2v) is 7.88. The van der Waals surface area contributed by atoms with Crippen molar-refractivity contribution in [2.75, 3.05) is 13.7 Å². The Hall–Kier alpha value is -2.65. The number of aryl methyl sites for hydroxylation is 1. The number of likely N-dealkylation sites (N-methyl/N-ethyl adjacent to an activating group) is 1. The number of rotatable bonds is 5. The standard InChI is InChI=1S/C19H19N3O4S2/c1-5-20-18(23)17(28-19(20)27)9-13-8-11(2)21(12(13)3)15-7-6-14(22(24)25)10-16(15)26-4/h6-10H,5H2,1-4H3. The molecule has 146 valence electrons. The van der Waals surface area contributed by atoms with E-state index in [0.717, 1.165) is 17.0 Å². The zero-order chi connectivity index (χ0) is 20.6. The molecule has 2 heterocycles. The summed E-state index contributed by atoms with van der Waals surface area (Å²) in [7, 11) is 1.48. The number of aromatic nitrogens is 1. The van der Waals surface area contributed by atoms with Gasteiger partial charge in [0.05, 0.1) is 28.7 Å². The Kier molecular flexibility index (Phi) is 5.57. The number of thioether (sulfide) groups is 1. The van der Waals surface area contributed by atoms with Crippen molar-refractivity contribution < 1.29 is 14.5 Å². The molecule has 0 bridgehead atoms. The molecule has 0 aliphatic carbocycles. The van der Waals surface area contributed by atoms with Gasteiger partial charge in [-0.25, -0.2) is 0 Å². The maximum atomic E-state index is 12.5. The molecular formula is C19H19N3O4S2. The molecule has 0 radical (unpaired) electrons. The topological polar surface area (TPSA) is 77.6 Å². The lowest BCUT2D eigenvalue weighted by atomic mass is 10.2. The van der Waals surface area contributed by atoms with E-state index in [9.17, 15) is 14.9 Å². The van der Waals surface area contributed by atoms with Crippen LogP contribution in [0, 0.1) is 24.0 Å². The van der Waals surface area contributed by atoms with Crippen LogP contribution in [0.25, 0.3) is 11.8 Å². The van der Waals surface area contributed by atoms with Crippen molar-refractivity contribution in [2.24, 2.45) is 0 Å². The highest BCUT2D eigenvalue weighted by Crippen LogP contribution is 2.35. The second-order valence-electron chi connectivity index (χ2n) is 6.20. The molecule has 9 heteroatoms. The van der Waals surface area contributed by atoms with Gasteiger partial charge < -0.3 is 9.30 Å². The number of nitro benzene ring substituents is 1. The molecule has 3 rings (SSSR count). The Morgan fingerprint density at radius 2 is 2.04 bits per heavy atom. The van der Waals surface area contributed by atoms with E-state index in [0.29, 0.717) is 27.2 Å². The summed E-state index contributed by atoms with van der Waals surface area (Å²) in [5, 5.41) is 11.0. The van der Waals surface area contributed by atoms with Crippen LogP contribution in [0.3, 0.4) is 0 Å². The minimum absolute atomic E-state index is 0.0356. The van der Waals surface area contributed by atoms with Gasteiger partial charge >= 0.3 is 0 Å². The van der Waals surface area contributed by atoms with Crippen LogP contribution in [0.2, 0.25) is 0 Å². The van der Waals surface area contributed by atoms with Crippen molar-refractivity contribution in [3.63, 3.8) is 0 Å². The van der Waals surface area contributed by atoms with E-state index in [1.54, 1.807) is 11.0 Å². The van der Waals surface area contributed by atoms with Crippen molar-refractivity contribution in [3.8, 4) is 11.4 Å². The summed E-state index contributed by atoms with van der Waals surface area (Å²) in [4.78, 5) is 25.2. The zero-order valence-electron chi connectivity index (χ0n) is 15.9. The molecule has 28 heavy (non-hydrogen) atoms. The average Bonchev–Trinajstić information content (AvgIpc) is 3.09. The number of nitrogens with zero attached hydrogens (tertiary/aromatic N) is 3. The van der Waals surface area contributed by atoms with E-state index in [-0.39, 0.29) is 11.6 Å². The van der Waals surface area contributed by atoms with Gasteiger partial charge in [0.2, 0.25) is 0 Å². The van der Waals surface area contributed by atoms with E-state index < -0.39 is 4.92 Å². The predicted molar refractivity (Wildman–Crippen MR) is 114 cm³/mol. The molecule has 0 saturated carbocycles. The van der Waals surface area contributed by atoms with Gasteiger partial charge in [-0.15, -0.1) is 0 Å². The SMILES string of the molecule is CCN1C(=O)C(=Cc2cc(C)n(-c3ccc([N+](=O)[O-])cc3OC)c2C)SC1=S. The van der Waals surface area contributed by atoms with E-state index in [1.165, 1.54) is 31.0 Å². The normalized spacial score (nSPS) is 15.6. The Morgan fingerprint density at radius 3 is 2.61 bits per heavy atom. The van der Waals surface area contributed by atoms with Crippen LogP contribution in [0.5, 0.6) is 5.75 Å². The van der Waals surface area contributed by atoms with Crippen molar-refractivity contribution >= 4 is 46.0 Å². The maximum Gasteiger partial charge on any atom is 0.273 e. The molecule has 1 aromatic carbocycles. The van der Waals surface area contributed by atoms with Gasteiger partial charge in [-0.2, -0.15) is 0 Å². The average molecular weight is 418 g/mol. The number of carbonyl (C=O) groups excluding carboxylic acids is 1. The van der Waals surface area contributed by atoms with Gasteiger partial charge in [-0.3, -0.25) is 19.8 Å². The Balaban J connectivity index is 2.07. The monoisotopic (exact) mass is 417 g/mol. The molecule has 2 aromatic rings. The number of hydrogen-bond donors (Lipinski definition) is 0. The first-order valence-electron chi connectivity index (χ1n) is 8.55. The van der Waals surface area contributed by atoms with Gasteiger partial charge in [0, 0.05) is 24.0 Å².